The Morgan fingerprint density at radius 3 is 2.11 bits per heavy atom. The Labute approximate surface area is 320 Å². The summed E-state index contributed by atoms with van der Waals surface area (Å²) in [5.41, 5.74) is 8.52. The smallest absolute Gasteiger partial charge is 0.330 e. The summed E-state index contributed by atoms with van der Waals surface area (Å²) < 4.78 is 18.7. The van der Waals surface area contributed by atoms with Crippen molar-refractivity contribution in [3.05, 3.63) is 89.8 Å². The van der Waals surface area contributed by atoms with Gasteiger partial charge in [0.1, 0.15) is 43.0 Å². The minimum atomic E-state index is 0.106. The highest BCUT2D eigenvalue weighted by molar-refractivity contribution is 5.93. The molecule has 8 rings (SSSR count). The molecule has 1 heterocycles. The van der Waals surface area contributed by atoms with E-state index in [1.807, 2.05) is 30.3 Å². The fourth-order valence-corrected chi connectivity index (χ4v) is 8.50. The molecule has 0 saturated heterocycles. The molecule has 10 nitrogen and oxygen atoms in total. The van der Waals surface area contributed by atoms with E-state index in [1.165, 1.54) is 5.56 Å². The van der Waals surface area contributed by atoms with Crippen LogP contribution < -0.4 is 9.47 Å². The van der Waals surface area contributed by atoms with Crippen molar-refractivity contribution in [2.75, 3.05) is 26.4 Å². The number of carbonyl (C=O) groups excluding carboxylic acids is 3. The van der Waals surface area contributed by atoms with Gasteiger partial charge in [0, 0.05) is 23.3 Å². The number of hydrogen-bond acceptors (Lipinski definition) is 10. The number of carbonyl (C=O) groups is 3. The zero-order valence-electron chi connectivity index (χ0n) is 30.9. The molecule has 10 heteroatoms. The van der Waals surface area contributed by atoms with Crippen molar-refractivity contribution in [3.63, 3.8) is 0 Å². The van der Waals surface area contributed by atoms with Gasteiger partial charge in [0.25, 0.3) is 0 Å². The molecule has 0 amide bonds. The first-order valence-corrected chi connectivity index (χ1v) is 19.6. The molecule has 1 unspecified atom stereocenters. The van der Waals surface area contributed by atoms with Gasteiger partial charge in [-0.3, -0.25) is 4.79 Å². The highest BCUT2D eigenvalue weighted by Gasteiger charge is 2.34. The summed E-state index contributed by atoms with van der Waals surface area (Å²) in [6.45, 7) is 1.84. The number of fused-ring (bicyclic) bond motifs is 7. The minimum absolute atomic E-state index is 0.106. The standard InChI is InChI=1S/C45H46N2O8/c48-24-29-4-8-31(9-5-29)26-52-36-13-15-38-39-16-14-37(53-27-32-10-6-30(25-49)7-11-32)23-41(39)45-44(40(38)22-36)46-42-17-12-34(21-43(42)47-45)33-2-1-3-35(20-33)51-18-19-54-55-28-50/h1-3,12-14,16-17,20-25,28-32,38H,4-11,15,18-19,26-27H2. The summed E-state index contributed by atoms with van der Waals surface area (Å²) in [5.74, 6) is 3.70. The molecule has 2 fully saturated rings. The molecule has 4 aromatic rings. The number of allylic oxidation sites excluding steroid dienone is 3. The minimum Gasteiger partial charge on any atom is -0.494 e. The molecule has 4 aliphatic carbocycles. The van der Waals surface area contributed by atoms with Crippen LogP contribution in [0.2, 0.25) is 0 Å². The van der Waals surface area contributed by atoms with E-state index < -0.39 is 0 Å². The lowest BCUT2D eigenvalue weighted by Gasteiger charge is -2.32. The molecule has 0 aliphatic heterocycles. The van der Waals surface area contributed by atoms with E-state index in [0.717, 1.165) is 127 Å². The van der Waals surface area contributed by atoms with E-state index in [4.69, 9.17) is 29.1 Å². The molecule has 1 aromatic heterocycles. The lowest BCUT2D eigenvalue weighted by Crippen LogP contribution is -2.21. The van der Waals surface area contributed by atoms with Crippen molar-refractivity contribution in [1.29, 1.82) is 0 Å². The highest BCUT2D eigenvalue weighted by atomic mass is 17.2. The molecule has 1 atom stereocenters. The Hall–Kier alpha value is -5.35. The van der Waals surface area contributed by atoms with Gasteiger partial charge in [0.05, 0.1) is 35.6 Å². The number of aldehydes is 2. The molecule has 0 radical (unpaired) electrons. The first kappa shape index (κ1) is 36.6. The Kier molecular flexibility index (Phi) is 11.3. The summed E-state index contributed by atoms with van der Waals surface area (Å²) in [5, 5.41) is 0. The van der Waals surface area contributed by atoms with Gasteiger partial charge >= 0.3 is 6.47 Å². The number of ether oxygens (including phenoxy) is 3. The third-order valence-corrected chi connectivity index (χ3v) is 11.7. The van der Waals surface area contributed by atoms with Crippen LogP contribution in [0.5, 0.6) is 11.5 Å². The van der Waals surface area contributed by atoms with Crippen LogP contribution in [0.4, 0.5) is 0 Å². The Balaban J connectivity index is 1.09. The van der Waals surface area contributed by atoms with E-state index in [-0.39, 0.29) is 37.4 Å². The SMILES string of the molecule is O=COOCCOc1cccc(-c2ccc3nc4c(nc3c2)-c2cc(OCC3CCC(C=O)CC3)ccc2C2CC=C(OCC3CCC(C=O)CC3)C=C42)c1. The number of aromatic nitrogens is 2. The van der Waals surface area contributed by atoms with Crippen molar-refractivity contribution in [2.24, 2.45) is 23.7 Å². The fourth-order valence-electron chi connectivity index (χ4n) is 8.50. The van der Waals surface area contributed by atoms with E-state index in [2.05, 4.69) is 47.4 Å². The van der Waals surface area contributed by atoms with Crippen molar-refractivity contribution < 1.29 is 38.4 Å². The van der Waals surface area contributed by atoms with Crippen LogP contribution in [0.1, 0.15) is 75.0 Å². The maximum Gasteiger partial charge on any atom is 0.330 e. The van der Waals surface area contributed by atoms with Crippen LogP contribution >= 0.6 is 0 Å². The Bertz CT molecular complexity index is 2090. The number of benzene rings is 3. The lowest BCUT2D eigenvalue weighted by atomic mass is 9.75. The molecule has 55 heavy (non-hydrogen) atoms. The van der Waals surface area contributed by atoms with Crippen LogP contribution in [0.25, 0.3) is 39.0 Å². The second kappa shape index (κ2) is 17.0. The highest BCUT2D eigenvalue weighted by Crippen LogP contribution is 2.50. The zero-order chi connectivity index (χ0) is 37.6. The van der Waals surface area contributed by atoms with Crippen LogP contribution in [-0.4, -0.2) is 55.4 Å². The first-order chi connectivity index (χ1) is 27.1. The van der Waals surface area contributed by atoms with E-state index in [1.54, 1.807) is 0 Å². The second-order valence-electron chi connectivity index (χ2n) is 15.2. The summed E-state index contributed by atoms with van der Waals surface area (Å²) in [4.78, 5) is 52.5. The van der Waals surface area contributed by atoms with Crippen LogP contribution in [-0.2, 0) is 28.9 Å². The molecular weight excluding hydrogens is 697 g/mol. The molecule has 0 N–H and O–H groups in total. The number of hydrogen-bond donors (Lipinski definition) is 0. The maximum atomic E-state index is 11.3. The molecular formula is C45H46N2O8. The van der Waals surface area contributed by atoms with Gasteiger partial charge in [-0.1, -0.05) is 24.3 Å². The molecule has 2 saturated carbocycles. The second-order valence-corrected chi connectivity index (χ2v) is 15.2. The average Bonchev–Trinajstić information content (AvgIpc) is 3.24. The molecule has 4 aliphatic rings. The van der Waals surface area contributed by atoms with Gasteiger partial charge in [-0.05, 0) is 140 Å². The van der Waals surface area contributed by atoms with Gasteiger partial charge in [-0.15, -0.1) is 0 Å². The molecule has 0 bridgehead atoms. The summed E-state index contributed by atoms with van der Waals surface area (Å²) in [6, 6.07) is 20.3. The zero-order valence-corrected chi connectivity index (χ0v) is 30.9. The molecule has 284 valence electrons. The van der Waals surface area contributed by atoms with Gasteiger partial charge in [-0.25, -0.2) is 9.97 Å². The summed E-state index contributed by atoms with van der Waals surface area (Å²) in [7, 11) is 0. The Morgan fingerprint density at radius 1 is 0.655 bits per heavy atom. The average molecular weight is 743 g/mol. The topological polar surface area (TPSA) is 123 Å². The summed E-state index contributed by atoms with van der Waals surface area (Å²) >= 11 is 0. The molecule has 3 aromatic carbocycles. The molecule has 0 spiro atoms. The maximum absolute atomic E-state index is 11.3. The monoisotopic (exact) mass is 742 g/mol. The van der Waals surface area contributed by atoms with Crippen molar-refractivity contribution in [2.45, 2.75) is 63.7 Å². The van der Waals surface area contributed by atoms with Crippen LogP contribution in [0, 0.1) is 23.7 Å². The van der Waals surface area contributed by atoms with Gasteiger partial charge in [-0.2, -0.15) is 4.89 Å². The van der Waals surface area contributed by atoms with Crippen molar-refractivity contribution >= 4 is 35.7 Å². The largest absolute Gasteiger partial charge is 0.494 e. The predicted molar refractivity (Wildman–Crippen MR) is 207 cm³/mol. The first-order valence-electron chi connectivity index (χ1n) is 19.6. The van der Waals surface area contributed by atoms with Gasteiger partial charge in [0.15, 0.2) is 0 Å². The third kappa shape index (κ3) is 8.34. The van der Waals surface area contributed by atoms with Crippen LogP contribution in [0.3, 0.4) is 0 Å². The quantitative estimate of drug-likeness (QED) is 0.0506. The van der Waals surface area contributed by atoms with E-state index >= 15 is 0 Å². The van der Waals surface area contributed by atoms with Crippen LogP contribution in [0.15, 0.2) is 78.6 Å². The van der Waals surface area contributed by atoms with Gasteiger partial charge < -0.3 is 28.7 Å². The number of rotatable bonds is 15. The summed E-state index contributed by atoms with van der Waals surface area (Å²) in [6.07, 6.45) is 15.1. The van der Waals surface area contributed by atoms with E-state index in [9.17, 15) is 14.4 Å². The van der Waals surface area contributed by atoms with E-state index in [0.29, 0.717) is 30.8 Å². The van der Waals surface area contributed by atoms with Crippen molar-refractivity contribution in [3.8, 4) is 33.9 Å². The lowest BCUT2D eigenvalue weighted by molar-refractivity contribution is -0.261. The normalized spacial score (nSPS) is 22.9. The van der Waals surface area contributed by atoms with Gasteiger partial charge in [0.2, 0.25) is 0 Å². The Morgan fingerprint density at radius 2 is 1.36 bits per heavy atom. The predicted octanol–water partition coefficient (Wildman–Crippen LogP) is 8.62. The third-order valence-electron chi connectivity index (χ3n) is 11.7. The number of nitrogens with zero attached hydrogens (tertiary/aromatic N) is 2. The van der Waals surface area contributed by atoms with Crippen molar-refractivity contribution in [1.82, 2.24) is 9.97 Å². The fraction of sp³-hybridized carbons (Fsp3) is 0.400.